The predicted octanol–water partition coefficient (Wildman–Crippen LogP) is 3.85. The van der Waals surface area contributed by atoms with Gasteiger partial charge >= 0.3 is 5.97 Å². The summed E-state index contributed by atoms with van der Waals surface area (Å²) in [6.45, 7) is 3.50. The van der Waals surface area contributed by atoms with Gasteiger partial charge in [0.05, 0.1) is 5.92 Å². The smallest absolute Gasteiger partial charge is 0.307 e. The van der Waals surface area contributed by atoms with E-state index in [0.29, 0.717) is 12.1 Å². The van der Waals surface area contributed by atoms with Crippen LogP contribution in [0.1, 0.15) is 50.6 Å². The van der Waals surface area contributed by atoms with Crippen molar-refractivity contribution in [3.05, 3.63) is 35.6 Å². The van der Waals surface area contributed by atoms with E-state index in [1.807, 2.05) is 12.1 Å². The van der Waals surface area contributed by atoms with E-state index < -0.39 is 5.97 Å². The summed E-state index contributed by atoms with van der Waals surface area (Å²) in [5.74, 6) is -1.24. The molecule has 0 amide bonds. The highest BCUT2D eigenvalue weighted by Gasteiger charge is 2.31. The van der Waals surface area contributed by atoms with Gasteiger partial charge in [0, 0.05) is 18.2 Å². The Bertz CT molecular complexity index is 478. The standard InChI is InChI=1S/C17H24FNO2/c1-2-3-10-16(14-8-4-5-9-15(14)18)19-11-6-7-13(12-19)17(20)21/h4-5,8-9,13,16H,2-3,6-7,10-12H2,1H3,(H,20,21). The SMILES string of the molecule is CCCCC(c1ccccc1F)N1CCCC(C(=O)O)C1. The average molecular weight is 293 g/mol. The van der Waals surface area contributed by atoms with Crippen molar-refractivity contribution in [3.8, 4) is 0 Å². The fourth-order valence-corrected chi connectivity index (χ4v) is 3.17. The summed E-state index contributed by atoms with van der Waals surface area (Å²) < 4.78 is 14.1. The molecule has 1 fully saturated rings. The number of piperidine rings is 1. The lowest BCUT2D eigenvalue weighted by atomic mass is 9.92. The van der Waals surface area contributed by atoms with Crippen molar-refractivity contribution in [1.29, 1.82) is 0 Å². The third-order valence-corrected chi connectivity index (χ3v) is 4.34. The zero-order chi connectivity index (χ0) is 15.2. The van der Waals surface area contributed by atoms with Crippen molar-refractivity contribution in [2.75, 3.05) is 13.1 Å². The number of likely N-dealkylation sites (tertiary alicyclic amines) is 1. The third-order valence-electron chi connectivity index (χ3n) is 4.34. The van der Waals surface area contributed by atoms with Gasteiger partial charge in [-0.2, -0.15) is 0 Å². The van der Waals surface area contributed by atoms with Crippen molar-refractivity contribution in [1.82, 2.24) is 4.90 Å². The van der Waals surface area contributed by atoms with Gasteiger partial charge in [0.1, 0.15) is 5.82 Å². The molecule has 1 aliphatic heterocycles. The number of nitrogens with zero attached hydrogens (tertiary/aromatic N) is 1. The van der Waals surface area contributed by atoms with Gasteiger partial charge in [-0.15, -0.1) is 0 Å². The van der Waals surface area contributed by atoms with Crippen LogP contribution in [0.25, 0.3) is 0 Å². The zero-order valence-electron chi connectivity index (χ0n) is 12.6. The summed E-state index contributed by atoms with van der Waals surface area (Å²) in [5, 5.41) is 9.24. The number of carboxylic acid groups (broad SMARTS) is 1. The summed E-state index contributed by atoms with van der Waals surface area (Å²) in [6, 6.07) is 6.88. The van der Waals surface area contributed by atoms with E-state index in [4.69, 9.17) is 0 Å². The average Bonchev–Trinajstić information content (AvgIpc) is 2.49. The molecule has 2 rings (SSSR count). The quantitative estimate of drug-likeness (QED) is 0.866. The number of unbranched alkanes of at least 4 members (excludes halogenated alkanes) is 1. The number of carboxylic acids is 1. The van der Waals surface area contributed by atoms with Crippen molar-refractivity contribution in [3.63, 3.8) is 0 Å². The van der Waals surface area contributed by atoms with Crippen LogP contribution in [0.15, 0.2) is 24.3 Å². The molecule has 0 spiro atoms. The Morgan fingerprint density at radius 3 is 2.90 bits per heavy atom. The summed E-state index contributed by atoms with van der Waals surface area (Å²) in [6.07, 6.45) is 4.55. The molecule has 1 aromatic carbocycles. The van der Waals surface area contributed by atoms with Gasteiger partial charge in [0.25, 0.3) is 0 Å². The van der Waals surface area contributed by atoms with Gasteiger partial charge < -0.3 is 5.11 Å². The molecular formula is C17H24FNO2. The third kappa shape index (κ3) is 4.03. The molecule has 0 bridgehead atoms. The molecule has 1 aliphatic rings. The molecule has 0 aliphatic carbocycles. The molecule has 1 N–H and O–H groups in total. The van der Waals surface area contributed by atoms with Crippen LogP contribution in [-0.2, 0) is 4.79 Å². The molecule has 2 unspecified atom stereocenters. The van der Waals surface area contributed by atoms with Gasteiger partial charge in [-0.3, -0.25) is 9.69 Å². The van der Waals surface area contributed by atoms with Gasteiger partial charge in [-0.05, 0) is 31.9 Å². The molecule has 2 atom stereocenters. The Kier molecular flexibility index (Phi) is 5.74. The number of aliphatic carboxylic acids is 1. The number of benzene rings is 1. The van der Waals surface area contributed by atoms with Crippen LogP contribution in [-0.4, -0.2) is 29.1 Å². The second-order valence-electron chi connectivity index (χ2n) is 5.85. The summed E-state index contributed by atoms with van der Waals surface area (Å²) >= 11 is 0. The minimum Gasteiger partial charge on any atom is -0.481 e. The monoisotopic (exact) mass is 293 g/mol. The van der Waals surface area contributed by atoms with E-state index >= 15 is 0 Å². The molecule has 0 radical (unpaired) electrons. The van der Waals surface area contributed by atoms with Crippen LogP contribution in [0.4, 0.5) is 4.39 Å². The molecule has 3 nitrogen and oxygen atoms in total. The first kappa shape index (κ1) is 16.0. The van der Waals surface area contributed by atoms with Crippen molar-refractivity contribution in [2.45, 2.75) is 45.1 Å². The number of carbonyl (C=O) groups is 1. The number of hydrogen-bond donors (Lipinski definition) is 1. The van der Waals surface area contributed by atoms with Crippen molar-refractivity contribution >= 4 is 5.97 Å². The van der Waals surface area contributed by atoms with E-state index in [1.54, 1.807) is 6.07 Å². The highest BCUT2D eigenvalue weighted by molar-refractivity contribution is 5.70. The highest BCUT2D eigenvalue weighted by atomic mass is 19.1. The Balaban J connectivity index is 2.19. The van der Waals surface area contributed by atoms with E-state index in [0.717, 1.165) is 38.6 Å². The summed E-state index contributed by atoms with van der Waals surface area (Å²) in [4.78, 5) is 13.4. The minimum atomic E-state index is -0.734. The van der Waals surface area contributed by atoms with Crippen molar-refractivity contribution in [2.24, 2.45) is 5.92 Å². The summed E-state index contributed by atoms with van der Waals surface area (Å²) in [5.41, 5.74) is 0.706. The van der Waals surface area contributed by atoms with Crippen LogP contribution >= 0.6 is 0 Å². The largest absolute Gasteiger partial charge is 0.481 e. The molecule has 0 saturated carbocycles. The molecule has 1 saturated heterocycles. The van der Waals surface area contributed by atoms with Gasteiger partial charge in [-0.1, -0.05) is 38.0 Å². The second-order valence-corrected chi connectivity index (χ2v) is 5.85. The predicted molar refractivity (Wildman–Crippen MR) is 80.6 cm³/mol. The first-order valence-corrected chi connectivity index (χ1v) is 7.84. The van der Waals surface area contributed by atoms with E-state index in [-0.39, 0.29) is 17.8 Å². The molecule has 116 valence electrons. The lowest BCUT2D eigenvalue weighted by Crippen LogP contribution is -2.41. The lowest BCUT2D eigenvalue weighted by Gasteiger charge is -2.37. The molecule has 4 heteroatoms. The maximum absolute atomic E-state index is 14.1. The molecule has 0 aromatic heterocycles. The number of halogens is 1. The van der Waals surface area contributed by atoms with Crippen LogP contribution in [0.5, 0.6) is 0 Å². The maximum atomic E-state index is 14.1. The normalized spacial score (nSPS) is 21.1. The maximum Gasteiger partial charge on any atom is 0.307 e. The Hall–Kier alpha value is -1.42. The van der Waals surface area contributed by atoms with Crippen LogP contribution in [0, 0.1) is 11.7 Å². The number of hydrogen-bond acceptors (Lipinski definition) is 2. The van der Waals surface area contributed by atoms with Crippen LogP contribution in [0.2, 0.25) is 0 Å². The van der Waals surface area contributed by atoms with Gasteiger partial charge in [-0.25, -0.2) is 4.39 Å². The van der Waals surface area contributed by atoms with Crippen LogP contribution < -0.4 is 0 Å². The fraction of sp³-hybridized carbons (Fsp3) is 0.588. The Morgan fingerprint density at radius 2 is 2.24 bits per heavy atom. The van der Waals surface area contributed by atoms with Crippen LogP contribution in [0.3, 0.4) is 0 Å². The lowest BCUT2D eigenvalue weighted by molar-refractivity contribution is -0.144. The van der Waals surface area contributed by atoms with Crippen molar-refractivity contribution < 1.29 is 14.3 Å². The Morgan fingerprint density at radius 1 is 1.48 bits per heavy atom. The molecular weight excluding hydrogens is 269 g/mol. The molecule has 1 aromatic rings. The Labute approximate surface area is 125 Å². The van der Waals surface area contributed by atoms with Gasteiger partial charge in [0.15, 0.2) is 0 Å². The highest BCUT2D eigenvalue weighted by Crippen LogP contribution is 2.32. The first-order valence-electron chi connectivity index (χ1n) is 7.84. The zero-order valence-corrected chi connectivity index (χ0v) is 12.6. The molecule has 1 heterocycles. The first-order chi connectivity index (χ1) is 10.1. The fourth-order valence-electron chi connectivity index (χ4n) is 3.17. The minimum absolute atomic E-state index is 0.00620. The van der Waals surface area contributed by atoms with Gasteiger partial charge in [0.2, 0.25) is 0 Å². The number of rotatable bonds is 6. The summed E-state index contributed by atoms with van der Waals surface area (Å²) in [7, 11) is 0. The second kappa shape index (κ2) is 7.55. The molecule has 21 heavy (non-hydrogen) atoms. The van der Waals surface area contributed by atoms with E-state index in [1.165, 1.54) is 6.07 Å². The van der Waals surface area contributed by atoms with E-state index in [2.05, 4.69) is 11.8 Å². The topological polar surface area (TPSA) is 40.5 Å². The van der Waals surface area contributed by atoms with E-state index in [9.17, 15) is 14.3 Å².